The maximum Gasteiger partial charge on any atom is 0.257 e. The molecule has 5 heteroatoms. The highest BCUT2D eigenvalue weighted by molar-refractivity contribution is 5.95. The lowest BCUT2D eigenvalue weighted by atomic mass is 10.2. The lowest BCUT2D eigenvalue weighted by molar-refractivity contribution is 0.0755. The zero-order valence-electron chi connectivity index (χ0n) is 10.7. The van der Waals surface area contributed by atoms with Gasteiger partial charge in [-0.2, -0.15) is 5.10 Å². The summed E-state index contributed by atoms with van der Waals surface area (Å²) in [6.07, 6.45) is 5.17. The van der Waals surface area contributed by atoms with Gasteiger partial charge in [0, 0.05) is 25.5 Å². The van der Waals surface area contributed by atoms with E-state index in [0.717, 1.165) is 0 Å². The SMILES string of the molecule is CCN(CCn1cccn1)C(=O)c1ccoc1C. The molecule has 96 valence electrons. The summed E-state index contributed by atoms with van der Waals surface area (Å²) in [7, 11) is 0. The van der Waals surface area contributed by atoms with Crippen LogP contribution in [0.4, 0.5) is 0 Å². The molecule has 0 aliphatic carbocycles. The molecular weight excluding hydrogens is 230 g/mol. The summed E-state index contributed by atoms with van der Waals surface area (Å²) >= 11 is 0. The van der Waals surface area contributed by atoms with Crippen molar-refractivity contribution in [3.63, 3.8) is 0 Å². The molecule has 0 N–H and O–H groups in total. The molecule has 0 atom stereocenters. The summed E-state index contributed by atoms with van der Waals surface area (Å²) < 4.78 is 6.98. The van der Waals surface area contributed by atoms with Gasteiger partial charge in [0.25, 0.3) is 5.91 Å². The number of furan rings is 1. The number of nitrogens with zero attached hydrogens (tertiary/aromatic N) is 3. The molecule has 2 heterocycles. The van der Waals surface area contributed by atoms with Gasteiger partial charge in [0.05, 0.1) is 18.4 Å². The average molecular weight is 247 g/mol. The van der Waals surface area contributed by atoms with Crippen molar-refractivity contribution in [3.8, 4) is 0 Å². The van der Waals surface area contributed by atoms with Gasteiger partial charge in [-0.25, -0.2) is 0 Å². The predicted molar refractivity (Wildman–Crippen MR) is 67.2 cm³/mol. The molecule has 18 heavy (non-hydrogen) atoms. The number of hydrogen-bond donors (Lipinski definition) is 0. The molecule has 0 bridgehead atoms. The Morgan fingerprint density at radius 1 is 1.56 bits per heavy atom. The van der Waals surface area contributed by atoms with Gasteiger partial charge in [-0.05, 0) is 26.0 Å². The van der Waals surface area contributed by atoms with Crippen molar-refractivity contribution in [1.82, 2.24) is 14.7 Å². The minimum atomic E-state index is 0.0101. The number of rotatable bonds is 5. The molecule has 0 fully saturated rings. The molecule has 0 saturated carbocycles. The highest BCUT2D eigenvalue weighted by Crippen LogP contribution is 2.12. The number of aryl methyl sites for hydroxylation is 1. The number of amides is 1. The first kappa shape index (κ1) is 12.4. The summed E-state index contributed by atoms with van der Waals surface area (Å²) in [5.74, 6) is 0.674. The van der Waals surface area contributed by atoms with Crippen molar-refractivity contribution in [2.45, 2.75) is 20.4 Å². The maximum absolute atomic E-state index is 12.3. The van der Waals surface area contributed by atoms with Gasteiger partial charge >= 0.3 is 0 Å². The largest absolute Gasteiger partial charge is 0.469 e. The Bertz CT molecular complexity index is 502. The zero-order chi connectivity index (χ0) is 13.0. The minimum Gasteiger partial charge on any atom is -0.469 e. The van der Waals surface area contributed by atoms with Gasteiger partial charge in [0.1, 0.15) is 5.76 Å². The van der Waals surface area contributed by atoms with E-state index in [1.54, 1.807) is 30.4 Å². The van der Waals surface area contributed by atoms with Crippen LogP contribution in [0.2, 0.25) is 0 Å². The van der Waals surface area contributed by atoms with Crippen molar-refractivity contribution < 1.29 is 9.21 Å². The molecule has 5 nitrogen and oxygen atoms in total. The van der Waals surface area contributed by atoms with Gasteiger partial charge in [0.2, 0.25) is 0 Å². The van der Waals surface area contributed by atoms with Gasteiger partial charge < -0.3 is 9.32 Å². The number of carbonyl (C=O) groups is 1. The highest BCUT2D eigenvalue weighted by atomic mass is 16.3. The fourth-order valence-corrected chi connectivity index (χ4v) is 1.84. The third-order valence-electron chi connectivity index (χ3n) is 2.92. The highest BCUT2D eigenvalue weighted by Gasteiger charge is 2.17. The molecule has 0 saturated heterocycles. The van der Waals surface area contributed by atoms with Crippen molar-refractivity contribution in [3.05, 3.63) is 42.1 Å². The fraction of sp³-hybridized carbons (Fsp3) is 0.385. The quantitative estimate of drug-likeness (QED) is 0.811. The van der Waals surface area contributed by atoms with Crippen LogP contribution in [0.15, 0.2) is 35.2 Å². The molecule has 0 aromatic carbocycles. The standard InChI is InChI=1S/C13H17N3O2/c1-3-15(8-9-16-7-4-6-14-16)13(17)12-5-10-18-11(12)2/h4-7,10H,3,8-9H2,1-2H3. The van der Waals surface area contributed by atoms with E-state index in [4.69, 9.17) is 4.42 Å². The molecule has 2 aromatic heterocycles. The topological polar surface area (TPSA) is 51.3 Å². The van der Waals surface area contributed by atoms with Crippen molar-refractivity contribution >= 4 is 5.91 Å². The first-order valence-electron chi connectivity index (χ1n) is 6.03. The predicted octanol–water partition coefficient (Wildman–Crippen LogP) is 1.95. The number of carbonyl (C=O) groups excluding carboxylic acids is 1. The Labute approximate surface area is 106 Å². The van der Waals surface area contributed by atoms with E-state index in [-0.39, 0.29) is 5.91 Å². The number of hydrogen-bond acceptors (Lipinski definition) is 3. The van der Waals surface area contributed by atoms with Crippen LogP contribution < -0.4 is 0 Å². The Hall–Kier alpha value is -2.04. The summed E-state index contributed by atoms with van der Waals surface area (Å²) in [5.41, 5.74) is 0.636. The summed E-state index contributed by atoms with van der Waals surface area (Å²) in [6, 6.07) is 3.59. The Kier molecular flexibility index (Phi) is 3.82. The van der Waals surface area contributed by atoms with Gasteiger partial charge in [-0.1, -0.05) is 0 Å². The van der Waals surface area contributed by atoms with E-state index in [1.807, 2.05) is 23.9 Å². The van der Waals surface area contributed by atoms with E-state index < -0.39 is 0 Å². The number of aromatic nitrogens is 2. The van der Waals surface area contributed by atoms with E-state index in [0.29, 0.717) is 31.0 Å². The monoisotopic (exact) mass is 247 g/mol. The summed E-state index contributed by atoms with van der Waals surface area (Å²) in [5, 5.41) is 4.12. The second kappa shape index (κ2) is 5.53. The Balaban J connectivity index is 2.00. The molecule has 0 unspecified atom stereocenters. The van der Waals surface area contributed by atoms with Gasteiger partial charge in [-0.3, -0.25) is 9.48 Å². The molecule has 2 rings (SSSR count). The van der Waals surface area contributed by atoms with Crippen molar-refractivity contribution in [1.29, 1.82) is 0 Å². The first-order valence-corrected chi connectivity index (χ1v) is 6.03. The molecule has 0 radical (unpaired) electrons. The van der Waals surface area contributed by atoms with Crippen LogP contribution in [0.25, 0.3) is 0 Å². The van der Waals surface area contributed by atoms with Crippen LogP contribution in [-0.2, 0) is 6.54 Å². The van der Waals surface area contributed by atoms with E-state index in [1.165, 1.54) is 0 Å². The third kappa shape index (κ3) is 2.61. The molecule has 0 spiro atoms. The van der Waals surface area contributed by atoms with Crippen LogP contribution >= 0.6 is 0 Å². The second-order valence-electron chi connectivity index (χ2n) is 4.04. The molecular formula is C13H17N3O2. The van der Waals surface area contributed by atoms with Gasteiger partial charge in [-0.15, -0.1) is 0 Å². The lowest BCUT2D eigenvalue weighted by Crippen LogP contribution is -2.34. The maximum atomic E-state index is 12.3. The van der Waals surface area contributed by atoms with Crippen LogP contribution in [-0.4, -0.2) is 33.7 Å². The van der Waals surface area contributed by atoms with Crippen LogP contribution in [0.3, 0.4) is 0 Å². The van der Waals surface area contributed by atoms with Crippen molar-refractivity contribution in [2.75, 3.05) is 13.1 Å². The summed E-state index contributed by atoms with van der Waals surface area (Å²) in [4.78, 5) is 14.0. The molecule has 2 aromatic rings. The van der Waals surface area contributed by atoms with E-state index in [2.05, 4.69) is 5.10 Å². The lowest BCUT2D eigenvalue weighted by Gasteiger charge is -2.20. The van der Waals surface area contributed by atoms with Gasteiger partial charge in [0.15, 0.2) is 0 Å². The normalized spacial score (nSPS) is 10.6. The van der Waals surface area contributed by atoms with Crippen LogP contribution in [0, 0.1) is 6.92 Å². The second-order valence-corrected chi connectivity index (χ2v) is 4.04. The zero-order valence-corrected chi connectivity index (χ0v) is 10.7. The third-order valence-corrected chi connectivity index (χ3v) is 2.92. The molecule has 0 aliphatic heterocycles. The van der Waals surface area contributed by atoms with E-state index >= 15 is 0 Å². The first-order chi connectivity index (χ1) is 8.72. The Morgan fingerprint density at radius 2 is 2.39 bits per heavy atom. The molecule has 0 aliphatic rings. The Morgan fingerprint density at radius 3 is 2.94 bits per heavy atom. The summed E-state index contributed by atoms with van der Waals surface area (Å²) in [6.45, 7) is 5.78. The van der Waals surface area contributed by atoms with Crippen molar-refractivity contribution in [2.24, 2.45) is 0 Å². The smallest absolute Gasteiger partial charge is 0.257 e. The number of likely N-dealkylation sites (N-methyl/N-ethyl adjacent to an activating group) is 1. The molecule has 1 amide bonds. The van der Waals surface area contributed by atoms with E-state index in [9.17, 15) is 4.79 Å². The average Bonchev–Trinajstić information content (AvgIpc) is 3.00. The minimum absolute atomic E-state index is 0.0101. The van der Waals surface area contributed by atoms with Crippen LogP contribution in [0.1, 0.15) is 23.0 Å². The van der Waals surface area contributed by atoms with Crippen LogP contribution in [0.5, 0.6) is 0 Å². The fourth-order valence-electron chi connectivity index (χ4n) is 1.84.